The SMILES string of the molecule is N#CC(C(=O)Nc1ccc(Br)cc1)C(=O)c1ccc(Cl)cc1. The van der Waals surface area contributed by atoms with E-state index in [0.29, 0.717) is 10.7 Å². The van der Waals surface area contributed by atoms with Gasteiger partial charge in [0, 0.05) is 20.7 Å². The minimum atomic E-state index is -1.41. The molecule has 0 bridgehead atoms. The lowest BCUT2D eigenvalue weighted by molar-refractivity contribution is -0.117. The number of carbonyl (C=O) groups is 2. The van der Waals surface area contributed by atoms with E-state index in [4.69, 9.17) is 16.9 Å². The van der Waals surface area contributed by atoms with Crippen LogP contribution in [0, 0.1) is 17.2 Å². The van der Waals surface area contributed by atoms with Crippen LogP contribution in [0.5, 0.6) is 0 Å². The Hall–Kier alpha value is -2.16. The quantitative estimate of drug-likeness (QED) is 0.645. The van der Waals surface area contributed by atoms with E-state index in [2.05, 4.69) is 21.2 Å². The Balaban J connectivity index is 2.15. The van der Waals surface area contributed by atoms with Gasteiger partial charge < -0.3 is 5.32 Å². The molecule has 0 aliphatic carbocycles. The van der Waals surface area contributed by atoms with Gasteiger partial charge >= 0.3 is 0 Å². The average Bonchev–Trinajstić information content (AvgIpc) is 2.51. The fraction of sp³-hybridized carbons (Fsp3) is 0.0625. The molecule has 4 nitrogen and oxygen atoms in total. The monoisotopic (exact) mass is 376 g/mol. The van der Waals surface area contributed by atoms with E-state index in [0.717, 1.165) is 4.47 Å². The van der Waals surface area contributed by atoms with E-state index in [-0.39, 0.29) is 5.56 Å². The minimum absolute atomic E-state index is 0.266. The molecule has 2 aromatic rings. The van der Waals surface area contributed by atoms with Crippen molar-refractivity contribution in [1.82, 2.24) is 0 Å². The Bertz CT molecular complexity index is 736. The lowest BCUT2D eigenvalue weighted by Crippen LogP contribution is -2.28. The van der Waals surface area contributed by atoms with Crippen molar-refractivity contribution in [2.24, 2.45) is 5.92 Å². The van der Waals surface area contributed by atoms with Crippen LogP contribution in [-0.4, -0.2) is 11.7 Å². The lowest BCUT2D eigenvalue weighted by Gasteiger charge is -2.10. The molecule has 0 radical (unpaired) electrons. The van der Waals surface area contributed by atoms with Crippen LogP contribution in [0.15, 0.2) is 53.0 Å². The number of rotatable bonds is 4. The summed E-state index contributed by atoms with van der Waals surface area (Å²) in [5.41, 5.74) is 0.777. The Labute approximate surface area is 140 Å². The summed E-state index contributed by atoms with van der Waals surface area (Å²) in [7, 11) is 0. The van der Waals surface area contributed by atoms with E-state index < -0.39 is 17.6 Å². The highest BCUT2D eigenvalue weighted by Crippen LogP contribution is 2.17. The molecule has 110 valence electrons. The van der Waals surface area contributed by atoms with Crippen molar-refractivity contribution in [1.29, 1.82) is 5.26 Å². The third kappa shape index (κ3) is 3.94. The Kier molecular flexibility index (Phi) is 5.31. The van der Waals surface area contributed by atoms with Gasteiger partial charge in [-0.1, -0.05) is 27.5 Å². The smallest absolute Gasteiger partial charge is 0.249 e. The number of nitriles is 1. The van der Waals surface area contributed by atoms with E-state index in [9.17, 15) is 9.59 Å². The molecule has 1 amide bonds. The lowest BCUT2D eigenvalue weighted by atomic mass is 9.98. The molecule has 0 heterocycles. The van der Waals surface area contributed by atoms with Crippen molar-refractivity contribution in [2.75, 3.05) is 5.32 Å². The van der Waals surface area contributed by atoms with Gasteiger partial charge in [-0.2, -0.15) is 5.26 Å². The number of hydrogen-bond donors (Lipinski definition) is 1. The van der Waals surface area contributed by atoms with Crippen LogP contribution in [0.25, 0.3) is 0 Å². The van der Waals surface area contributed by atoms with E-state index in [1.807, 2.05) is 0 Å². The number of nitrogens with one attached hydrogen (secondary N) is 1. The summed E-state index contributed by atoms with van der Waals surface area (Å²) in [5, 5.41) is 12.2. The summed E-state index contributed by atoms with van der Waals surface area (Å²) < 4.78 is 0.861. The molecule has 22 heavy (non-hydrogen) atoms. The van der Waals surface area contributed by atoms with Gasteiger partial charge in [0.25, 0.3) is 0 Å². The topological polar surface area (TPSA) is 70.0 Å². The van der Waals surface area contributed by atoms with Gasteiger partial charge in [-0.25, -0.2) is 0 Å². The summed E-state index contributed by atoms with van der Waals surface area (Å²) in [4.78, 5) is 24.4. The molecule has 0 aliphatic heterocycles. The normalized spacial score (nSPS) is 11.3. The Morgan fingerprint density at radius 1 is 1.09 bits per heavy atom. The maximum absolute atomic E-state index is 12.2. The van der Waals surface area contributed by atoms with Crippen LogP contribution in [0.4, 0.5) is 5.69 Å². The number of amides is 1. The third-order valence-electron chi connectivity index (χ3n) is 2.89. The molecular weight excluding hydrogens is 368 g/mol. The summed E-state index contributed by atoms with van der Waals surface area (Å²) in [6.07, 6.45) is 0. The van der Waals surface area contributed by atoms with Gasteiger partial charge in [0.05, 0.1) is 6.07 Å². The van der Waals surface area contributed by atoms with Crippen LogP contribution in [0.2, 0.25) is 5.02 Å². The summed E-state index contributed by atoms with van der Waals surface area (Å²) in [5.74, 6) is -2.64. The van der Waals surface area contributed by atoms with Crippen molar-refractivity contribution in [3.8, 4) is 6.07 Å². The van der Waals surface area contributed by atoms with Crippen LogP contribution in [0.1, 0.15) is 10.4 Å². The predicted octanol–water partition coefficient (Wildman–Crippen LogP) is 4.06. The average molecular weight is 378 g/mol. The molecule has 6 heteroatoms. The fourth-order valence-corrected chi connectivity index (χ4v) is 2.16. The molecule has 1 unspecified atom stereocenters. The van der Waals surface area contributed by atoms with E-state index in [1.165, 1.54) is 24.3 Å². The first-order chi connectivity index (χ1) is 10.5. The van der Waals surface area contributed by atoms with Crippen molar-refractivity contribution in [2.45, 2.75) is 0 Å². The molecule has 0 aromatic heterocycles. The maximum Gasteiger partial charge on any atom is 0.249 e. The molecule has 0 fully saturated rings. The second-order valence-electron chi connectivity index (χ2n) is 4.43. The van der Waals surface area contributed by atoms with Gasteiger partial charge in [-0.15, -0.1) is 0 Å². The van der Waals surface area contributed by atoms with Gasteiger partial charge in [-0.3, -0.25) is 9.59 Å². The van der Waals surface area contributed by atoms with Crippen LogP contribution in [-0.2, 0) is 4.79 Å². The second kappa shape index (κ2) is 7.21. The number of anilines is 1. The Morgan fingerprint density at radius 2 is 1.68 bits per heavy atom. The van der Waals surface area contributed by atoms with Crippen molar-refractivity contribution < 1.29 is 9.59 Å². The fourth-order valence-electron chi connectivity index (χ4n) is 1.76. The van der Waals surface area contributed by atoms with Crippen LogP contribution < -0.4 is 5.32 Å². The third-order valence-corrected chi connectivity index (χ3v) is 3.67. The molecule has 0 saturated heterocycles. The number of benzene rings is 2. The molecule has 2 rings (SSSR count). The number of carbonyl (C=O) groups excluding carboxylic acids is 2. The van der Waals surface area contributed by atoms with E-state index in [1.54, 1.807) is 30.3 Å². The molecule has 1 atom stereocenters. The first kappa shape index (κ1) is 16.2. The first-order valence-corrected chi connectivity index (χ1v) is 7.44. The highest BCUT2D eigenvalue weighted by Gasteiger charge is 2.27. The van der Waals surface area contributed by atoms with Gasteiger partial charge in [-0.05, 0) is 48.5 Å². The summed E-state index contributed by atoms with van der Waals surface area (Å²) in [6.45, 7) is 0. The summed E-state index contributed by atoms with van der Waals surface area (Å²) in [6, 6.07) is 14.6. The largest absolute Gasteiger partial charge is 0.325 e. The van der Waals surface area contributed by atoms with Gasteiger partial charge in [0.1, 0.15) is 0 Å². The zero-order valence-electron chi connectivity index (χ0n) is 11.2. The highest BCUT2D eigenvalue weighted by molar-refractivity contribution is 9.10. The molecule has 1 N–H and O–H groups in total. The van der Waals surface area contributed by atoms with Crippen molar-refractivity contribution in [3.63, 3.8) is 0 Å². The van der Waals surface area contributed by atoms with Gasteiger partial charge in [0.15, 0.2) is 11.7 Å². The van der Waals surface area contributed by atoms with E-state index >= 15 is 0 Å². The van der Waals surface area contributed by atoms with Crippen molar-refractivity contribution in [3.05, 3.63) is 63.6 Å². The van der Waals surface area contributed by atoms with Gasteiger partial charge in [0.2, 0.25) is 5.91 Å². The number of nitrogens with zero attached hydrogens (tertiary/aromatic N) is 1. The Morgan fingerprint density at radius 3 is 2.23 bits per heavy atom. The van der Waals surface area contributed by atoms with Crippen LogP contribution >= 0.6 is 27.5 Å². The minimum Gasteiger partial charge on any atom is -0.325 e. The zero-order chi connectivity index (χ0) is 16.1. The molecule has 2 aromatic carbocycles. The summed E-state index contributed by atoms with van der Waals surface area (Å²) >= 11 is 9.04. The molecule has 0 saturated carbocycles. The molecule has 0 spiro atoms. The maximum atomic E-state index is 12.2. The standard InChI is InChI=1S/C16H10BrClN2O2/c17-11-3-7-13(8-4-11)20-16(22)14(9-19)15(21)10-1-5-12(18)6-2-10/h1-8,14H,(H,20,22). The van der Waals surface area contributed by atoms with Crippen molar-refractivity contribution >= 4 is 44.9 Å². The second-order valence-corrected chi connectivity index (χ2v) is 5.78. The number of Topliss-reactive ketones (excluding diaryl/α,β-unsaturated/α-hetero) is 1. The predicted molar refractivity (Wildman–Crippen MR) is 87.7 cm³/mol. The molecule has 0 aliphatic rings. The highest BCUT2D eigenvalue weighted by atomic mass is 79.9. The number of ketones is 1. The zero-order valence-corrected chi connectivity index (χ0v) is 13.6. The molecular formula is C16H10BrClN2O2. The van der Waals surface area contributed by atoms with Crippen LogP contribution in [0.3, 0.4) is 0 Å². The number of halogens is 2. The number of hydrogen-bond acceptors (Lipinski definition) is 3. The first-order valence-electron chi connectivity index (χ1n) is 6.27.